The average Bonchev–Trinajstić information content (AvgIpc) is 3.20. The minimum Gasteiger partial charge on any atom is -0.492 e. The third kappa shape index (κ3) is 7.99. The van der Waals surface area contributed by atoms with Crippen LogP contribution in [0.4, 0.5) is 14.5 Å². The average molecular weight is 464 g/mol. The fraction of sp³-hybridized carbons (Fsp3) is 0.190. The number of nitrogens with zero attached hydrogens (tertiary/aromatic N) is 1. The van der Waals surface area contributed by atoms with Crippen LogP contribution in [-0.2, 0) is 16.0 Å². The van der Waals surface area contributed by atoms with Crippen molar-refractivity contribution in [2.24, 2.45) is 0 Å². The number of aromatic nitrogens is 1. The number of amides is 2. The van der Waals surface area contributed by atoms with Gasteiger partial charge in [0.25, 0.3) is 0 Å². The van der Waals surface area contributed by atoms with E-state index in [0.29, 0.717) is 28.0 Å². The summed E-state index contributed by atoms with van der Waals surface area (Å²) in [4.78, 5) is 28.3. The van der Waals surface area contributed by atoms with Crippen molar-refractivity contribution >= 4 is 40.6 Å². The first-order valence-electron chi connectivity index (χ1n) is 9.25. The predicted molar refractivity (Wildman–Crippen MR) is 116 cm³/mol. The number of hydrogen-bond acceptors (Lipinski definition) is 6. The zero-order valence-corrected chi connectivity index (χ0v) is 17.9. The van der Waals surface area contributed by atoms with Crippen LogP contribution in [0, 0.1) is 11.6 Å². The molecule has 0 fully saturated rings. The van der Waals surface area contributed by atoms with Crippen molar-refractivity contribution in [3.05, 3.63) is 71.2 Å². The summed E-state index contributed by atoms with van der Waals surface area (Å²) in [5.74, 6) is -0.453. The van der Waals surface area contributed by atoms with Crippen LogP contribution in [0.2, 0.25) is 0 Å². The van der Waals surface area contributed by atoms with Crippen molar-refractivity contribution in [3.8, 4) is 5.75 Å². The number of thiazole rings is 1. The van der Waals surface area contributed by atoms with E-state index in [0.717, 1.165) is 0 Å². The molecule has 2 N–H and O–H groups in total. The van der Waals surface area contributed by atoms with Gasteiger partial charge in [0.15, 0.2) is 4.34 Å². The van der Waals surface area contributed by atoms with E-state index < -0.39 is 0 Å². The standard InChI is InChI=1S/C21H19F2N3O3S2/c22-14-1-5-16(6-2-14)25-20(28)13-31-21-26-17(12-30-21)11-19(27)24-9-10-29-18-7-3-15(23)4-8-18/h1-8,12H,9-11,13H2,(H,24,27)(H,25,28). The molecule has 0 unspecified atom stereocenters. The molecule has 0 bridgehead atoms. The number of benzene rings is 2. The van der Waals surface area contributed by atoms with Gasteiger partial charge in [0.2, 0.25) is 11.8 Å². The first-order valence-corrected chi connectivity index (χ1v) is 11.1. The quantitative estimate of drug-likeness (QED) is 0.352. The van der Waals surface area contributed by atoms with Crippen LogP contribution in [0.3, 0.4) is 0 Å². The molecule has 0 aliphatic rings. The molecule has 0 aliphatic heterocycles. The van der Waals surface area contributed by atoms with Gasteiger partial charge >= 0.3 is 0 Å². The predicted octanol–water partition coefficient (Wildman–Crippen LogP) is 3.89. The highest BCUT2D eigenvalue weighted by Crippen LogP contribution is 2.23. The van der Waals surface area contributed by atoms with E-state index in [-0.39, 0.29) is 42.2 Å². The van der Waals surface area contributed by atoms with Gasteiger partial charge in [0.1, 0.15) is 24.0 Å². The lowest BCUT2D eigenvalue weighted by molar-refractivity contribution is -0.120. The van der Waals surface area contributed by atoms with Crippen molar-refractivity contribution in [2.75, 3.05) is 24.2 Å². The number of halogens is 2. The molecule has 2 aromatic carbocycles. The van der Waals surface area contributed by atoms with Crippen molar-refractivity contribution < 1.29 is 23.1 Å². The van der Waals surface area contributed by atoms with E-state index >= 15 is 0 Å². The Morgan fingerprint density at radius 1 is 1.00 bits per heavy atom. The smallest absolute Gasteiger partial charge is 0.234 e. The number of rotatable bonds is 10. The highest BCUT2D eigenvalue weighted by Gasteiger charge is 2.10. The van der Waals surface area contributed by atoms with Crippen LogP contribution in [0.5, 0.6) is 5.75 Å². The summed E-state index contributed by atoms with van der Waals surface area (Å²) in [5.41, 5.74) is 1.13. The molecule has 31 heavy (non-hydrogen) atoms. The second kappa shape index (κ2) is 11.4. The molecule has 2 amide bonds. The van der Waals surface area contributed by atoms with E-state index in [1.807, 2.05) is 0 Å². The Hall–Kier alpha value is -2.98. The van der Waals surface area contributed by atoms with Gasteiger partial charge in [-0.3, -0.25) is 9.59 Å². The molecule has 1 aromatic heterocycles. The fourth-order valence-corrected chi connectivity index (χ4v) is 4.06. The minimum atomic E-state index is -0.368. The van der Waals surface area contributed by atoms with E-state index in [4.69, 9.17) is 4.74 Å². The number of nitrogens with one attached hydrogen (secondary N) is 2. The topological polar surface area (TPSA) is 80.3 Å². The summed E-state index contributed by atoms with van der Waals surface area (Å²) >= 11 is 2.62. The van der Waals surface area contributed by atoms with Gasteiger partial charge in [-0.1, -0.05) is 11.8 Å². The van der Waals surface area contributed by atoms with E-state index in [1.165, 1.54) is 71.6 Å². The Kier molecular flexibility index (Phi) is 8.36. The van der Waals surface area contributed by atoms with E-state index in [1.54, 1.807) is 5.38 Å². The second-order valence-corrected chi connectivity index (χ2v) is 8.36. The molecule has 162 valence electrons. The van der Waals surface area contributed by atoms with Crippen LogP contribution >= 0.6 is 23.1 Å². The number of carbonyl (C=O) groups is 2. The first kappa shape index (κ1) is 22.7. The van der Waals surface area contributed by atoms with Crippen molar-refractivity contribution in [3.63, 3.8) is 0 Å². The molecule has 0 radical (unpaired) electrons. The van der Waals surface area contributed by atoms with Crippen LogP contribution in [0.25, 0.3) is 0 Å². The lowest BCUT2D eigenvalue weighted by atomic mass is 10.3. The first-order chi connectivity index (χ1) is 15.0. The van der Waals surface area contributed by atoms with Crippen LogP contribution in [0.15, 0.2) is 58.3 Å². The molecule has 0 spiro atoms. The number of hydrogen-bond donors (Lipinski definition) is 2. The molecule has 3 rings (SSSR count). The molecule has 0 atom stereocenters. The minimum absolute atomic E-state index is 0.120. The van der Waals surface area contributed by atoms with Crippen molar-refractivity contribution in [1.29, 1.82) is 0 Å². The molecule has 0 saturated carbocycles. The van der Waals surface area contributed by atoms with Gasteiger partial charge in [0.05, 0.1) is 24.4 Å². The molecule has 10 heteroatoms. The van der Waals surface area contributed by atoms with Crippen LogP contribution in [0.1, 0.15) is 5.69 Å². The normalized spacial score (nSPS) is 10.5. The zero-order valence-electron chi connectivity index (χ0n) is 16.3. The maximum atomic E-state index is 12.9. The Balaban J connectivity index is 1.34. The third-order valence-corrected chi connectivity index (χ3v) is 5.90. The summed E-state index contributed by atoms with van der Waals surface area (Å²) < 4.78 is 31.8. The Bertz CT molecular complexity index is 1010. The summed E-state index contributed by atoms with van der Waals surface area (Å²) in [6, 6.07) is 11.2. The third-order valence-electron chi connectivity index (χ3n) is 3.83. The summed E-state index contributed by atoms with van der Waals surface area (Å²) in [6.45, 7) is 0.574. The van der Waals surface area contributed by atoms with Gasteiger partial charge in [0, 0.05) is 11.1 Å². The highest BCUT2D eigenvalue weighted by molar-refractivity contribution is 8.01. The summed E-state index contributed by atoms with van der Waals surface area (Å²) in [5, 5.41) is 7.18. The Labute approximate surface area is 186 Å². The molecule has 0 aliphatic carbocycles. The number of thioether (sulfide) groups is 1. The Morgan fingerprint density at radius 3 is 2.39 bits per heavy atom. The molecular formula is C21H19F2N3O3S2. The molecule has 6 nitrogen and oxygen atoms in total. The lowest BCUT2D eigenvalue weighted by Crippen LogP contribution is -2.29. The molecule has 0 saturated heterocycles. The van der Waals surface area contributed by atoms with Gasteiger partial charge in [-0.25, -0.2) is 13.8 Å². The second-order valence-electron chi connectivity index (χ2n) is 6.28. The van der Waals surface area contributed by atoms with Gasteiger partial charge < -0.3 is 15.4 Å². The van der Waals surface area contributed by atoms with Gasteiger partial charge in [-0.15, -0.1) is 11.3 Å². The molecule has 3 aromatic rings. The maximum Gasteiger partial charge on any atom is 0.234 e. The molecular weight excluding hydrogens is 444 g/mol. The van der Waals surface area contributed by atoms with Gasteiger partial charge in [-0.2, -0.15) is 0 Å². The summed E-state index contributed by atoms with van der Waals surface area (Å²) in [7, 11) is 0. The van der Waals surface area contributed by atoms with Crippen LogP contribution in [-0.4, -0.2) is 35.7 Å². The summed E-state index contributed by atoms with van der Waals surface area (Å²) in [6.07, 6.45) is 0.120. The van der Waals surface area contributed by atoms with Crippen molar-refractivity contribution in [2.45, 2.75) is 10.8 Å². The maximum absolute atomic E-state index is 12.9. The number of anilines is 1. The van der Waals surface area contributed by atoms with Gasteiger partial charge in [-0.05, 0) is 48.5 Å². The highest BCUT2D eigenvalue weighted by atomic mass is 32.2. The zero-order chi connectivity index (χ0) is 22.1. The van der Waals surface area contributed by atoms with Crippen molar-refractivity contribution in [1.82, 2.24) is 10.3 Å². The number of carbonyl (C=O) groups excluding carboxylic acids is 2. The Morgan fingerprint density at radius 2 is 1.68 bits per heavy atom. The van der Waals surface area contributed by atoms with E-state index in [2.05, 4.69) is 15.6 Å². The SMILES string of the molecule is O=C(Cc1csc(SCC(=O)Nc2ccc(F)cc2)n1)NCCOc1ccc(F)cc1. The number of ether oxygens (including phenoxy) is 1. The fourth-order valence-electron chi connectivity index (χ4n) is 2.41. The van der Waals surface area contributed by atoms with Crippen LogP contribution < -0.4 is 15.4 Å². The largest absolute Gasteiger partial charge is 0.492 e. The lowest BCUT2D eigenvalue weighted by Gasteiger charge is -2.07. The monoisotopic (exact) mass is 463 g/mol. The van der Waals surface area contributed by atoms with E-state index in [9.17, 15) is 18.4 Å². The molecule has 1 heterocycles.